The Hall–Kier alpha value is -2.37. The number of hydrogen-bond acceptors (Lipinski definition) is 3. The zero-order chi connectivity index (χ0) is 20.3. The van der Waals surface area contributed by atoms with E-state index in [9.17, 15) is 10.0 Å². The average Bonchev–Trinajstić information content (AvgIpc) is 2.67. The van der Waals surface area contributed by atoms with E-state index < -0.39 is 0 Å². The molecule has 1 aromatic heterocycles. The third-order valence-electron chi connectivity index (χ3n) is 4.82. The number of pyridine rings is 1. The minimum absolute atomic E-state index is 0.0338. The van der Waals surface area contributed by atoms with Gasteiger partial charge < -0.3 is 9.77 Å². The Morgan fingerprint density at radius 1 is 1.18 bits per heavy atom. The van der Waals surface area contributed by atoms with Crippen molar-refractivity contribution in [2.45, 2.75) is 19.3 Å². The molecule has 1 N–H and O–H groups in total. The van der Waals surface area contributed by atoms with Gasteiger partial charge in [-0.3, -0.25) is 4.79 Å². The smallest absolute Gasteiger partial charge is 0.250 e. The van der Waals surface area contributed by atoms with E-state index in [-0.39, 0.29) is 11.5 Å². The van der Waals surface area contributed by atoms with Crippen LogP contribution < -0.4 is 5.56 Å². The van der Waals surface area contributed by atoms with Gasteiger partial charge in [-0.15, -0.1) is 0 Å². The number of hydrogen-bond donors (Lipinski definition) is 1. The van der Waals surface area contributed by atoms with Gasteiger partial charge in [0.05, 0.1) is 5.71 Å². The first-order valence-electron chi connectivity index (χ1n) is 8.78. The molecule has 0 bridgehead atoms. The molecule has 0 spiro atoms. The van der Waals surface area contributed by atoms with E-state index in [0.717, 1.165) is 21.2 Å². The van der Waals surface area contributed by atoms with Crippen molar-refractivity contribution in [3.8, 4) is 0 Å². The maximum Gasteiger partial charge on any atom is 0.250 e. The Morgan fingerprint density at radius 2 is 1.89 bits per heavy atom. The molecular weight excluding hydrogens is 440 g/mol. The predicted octanol–water partition coefficient (Wildman–Crippen LogP) is 5.51. The first kappa shape index (κ1) is 20.4. The maximum absolute atomic E-state index is 11.7. The largest absolute Gasteiger partial charge is 0.411 e. The highest BCUT2D eigenvalue weighted by atomic mass is 79.9. The fourth-order valence-electron chi connectivity index (χ4n) is 3.31. The van der Waals surface area contributed by atoms with Crippen LogP contribution in [0.1, 0.15) is 34.6 Å². The van der Waals surface area contributed by atoms with E-state index in [4.69, 9.17) is 11.6 Å². The van der Waals surface area contributed by atoms with Gasteiger partial charge in [-0.2, -0.15) is 0 Å². The van der Waals surface area contributed by atoms with Crippen molar-refractivity contribution < 1.29 is 5.21 Å². The zero-order valence-electron chi connectivity index (χ0n) is 15.6. The lowest BCUT2D eigenvalue weighted by atomic mass is 9.83. The van der Waals surface area contributed by atoms with Crippen LogP contribution in [0.5, 0.6) is 0 Å². The second kappa shape index (κ2) is 8.76. The van der Waals surface area contributed by atoms with E-state index in [2.05, 4.69) is 33.2 Å². The highest BCUT2D eigenvalue weighted by Crippen LogP contribution is 2.33. The van der Waals surface area contributed by atoms with Gasteiger partial charge in [-0.05, 0) is 53.9 Å². The number of halogens is 2. The first-order valence-corrected chi connectivity index (χ1v) is 9.95. The third kappa shape index (κ3) is 4.54. The summed E-state index contributed by atoms with van der Waals surface area (Å²) in [5.74, 6) is -0.0338. The standard InChI is InChI=1S/C22H20BrClN2O2/c1-14-11-18(24)8-9-19(14)20(15-3-6-17(23)7-4-15)12-21(25-28)16-5-10-22(27)26(2)13-16/h3-11,13,20,28H,12H2,1-2H3/b25-21-. The maximum atomic E-state index is 11.7. The van der Waals surface area contributed by atoms with E-state index in [1.54, 1.807) is 19.3 Å². The second-order valence-electron chi connectivity index (χ2n) is 6.72. The number of aromatic nitrogens is 1. The van der Waals surface area contributed by atoms with Crippen molar-refractivity contribution in [3.63, 3.8) is 0 Å². The molecule has 1 atom stereocenters. The van der Waals surface area contributed by atoms with Crippen LogP contribution in [0.15, 0.2) is 75.2 Å². The molecule has 0 saturated carbocycles. The van der Waals surface area contributed by atoms with Crippen molar-refractivity contribution in [3.05, 3.63) is 103 Å². The molecule has 3 aromatic rings. The van der Waals surface area contributed by atoms with Gasteiger partial charge in [0.2, 0.25) is 5.56 Å². The SMILES string of the molecule is Cc1cc(Cl)ccc1C(C/C(=N/O)c1ccc(=O)n(C)c1)c1ccc(Br)cc1. The number of benzene rings is 2. The summed E-state index contributed by atoms with van der Waals surface area (Å²) in [7, 11) is 1.68. The van der Waals surface area contributed by atoms with Crippen LogP contribution >= 0.6 is 27.5 Å². The van der Waals surface area contributed by atoms with Crippen LogP contribution in [-0.4, -0.2) is 15.5 Å². The molecule has 0 amide bonds. The molecule has 2 aromatic carbocycles. The second-order valence-corrected chi connectivity index (χ2v) is 8.07. The molecule has 0 radical (unpaired) electrons. The summed E-state index contributed by atoms with van der Waals surface area (Å²) in [5, 5.41) is 13.9. The van der Waals surface area contributed by atoms with E-state index in [1.807, 2.05) is 37.3 Å². The van der Waals surface area contributed by atoms with Crippen LogP contribution in [0.2, 0.25) is 5.02 Å². The van der Waals surface area contributed by atoms with Crippen molar-refractivity contribution >= 4 is 33.2 Å². The van der Waals surface area contributed by atoms with Gasteiger partial charge >= 0.3 is 0 Å². The highest BCUT2D eigenvalue weighted by molar-refractivity contribution is 9.10. The predicted molar refractivity (Wildman–Crippen MR) is 117 cm³/mol. The lowest BCUT2D eigenvalue weighted by Gasteiger charge is -2.21. The zero-order valence-corrected chi connectivity index (χ0v) is 17.9. The minimum Gasteiger partial charge on any atom is -0.411 e. The molecule has 0 aliphatic rings. The average molecular weight is 460 g/mol. The highest BCUT2D eigenvalue weighted by Gasteiger charge is 2.21. The van der Waals surface area contributed by atoms with Gasteiger partial charge in [0, 0.05) is 46.7 Å². The fourth-order valence-corrected chi connectivity index (χ4v) is 3.80. The third-order valence-corrected chi connectivity index (χ3v) is 5.58. The molecule has 0 aliphatic carbocycles. The molecule has 3 rings (SSSR count). The summed E-state index contributed by atoms with van der Waals surface area (Å²) in [6, 6.07) is 17.1. The van der Waals surface area contributed by atoms with Crippen LogP contribution in [0.3, 0.4) is 0 Å². The van der Waals surface area contributed by atoms with Crippen LogP contribution in [0.4, 0.5) is 0 Å². The van der Waals surface area contributed by atoms with Crippen molar-refractivity contribution in [2.24, 2.45) is 12.2 Å². The summed E-state index contributed by atoms with van der Waals surface area (Å²) < 4.78 is 2.47. The summed E-state index contributed by atoms with van der Waals surface area (Å²) >= 11 is 9.62. The molecule has 1 unspecified atom stereocenters. The lowest BCUT2D eigenvalue weighted by molar-refractivity contribution is 0.317. The normalized spacial score (nSPS) is 12.8. The first-order chi connectivity index (χ1) is 13.4. The summed E-state index contributed by atoms with van der Waals surface area (Å²) in [6.07, 6.45) is 2.16. The van der Waals surface area contributed by atoms with Gasteiger partial charge in [-0.25, -0.2) is 0 Å². The van der Waals surface area contributed by atoms with Gasteiger partial charge in [0.15, 0.2) is 0 Å². The van der Waals surface area contributed by atoms with Crippen LogP contribution in [0, 0.1) is 6.92 Å². The quantitative estimate of drug-likeness (QED) is 0.311. The molecule has 0 fully saturated rings. The summed E-state index contributed by atoms with van der Waals surface area (Å²) in [4.78, 5) is 11.7. The van der Waals surface area contributed by atoms with Crippen molar-refractivity contribution in [1.29, 1.82) is 0 Å². The van der Waals surface area contributed by atoms with Crippen molar-refractivity contribution in [2.75, 3.05) is 0 Å². The van der Waals surface area contributed by atoms with Crippen LogP contribution in [0.25, 0.3) is 0 Å². The Bertz CT molecular complexity index is 1070. The Kier molecular flexibility index (Phi) is 6.37. The van der Waals surface area contributed by atoms with E-state index in [0.29, 0.717) is 22.7 Å². The number of rotatable bonds is 5. The summed E-state index contributed by atoms with van der Waals surface area (Å²) in [6.45, 7) is 2.02. The molecule has 0 aliphatic heterocycles. The minimum atomic E-state index is -0.112. The lowest BCUT2D eigenvalue weighted by Crippen LogP contribution is -2.18. The topological polar surface area (TPSA) is 54.6 Å². The van der Waals surface area contributed by atoms with E-state index in [1.165, 1.54) is 10.6 Å². The molecule has 4 nitrogen and oxygen atoms in total. The van der Waals surface area contributed by atoms with Crippen LogP contribution in [-0.2, 0) is 7.05 Å². The van der Waals surface area contributed by atoms with E-state index >= 15 is 0 Å². The molecule has 6 heteroatoms. The number of nitrogens with zero attached hydrogens (tertiary/aromatic N) is 2. The number of oxime groups is 1. The fraction of sp³-hybridized carbons (Fsp3) is 0.182. The Balaban J connectivity index is 2.06. The number of aryl methyl sites for hydroxylation is 2. The molecule has 28 heavy (non-hydrogen) atoms. The molecule has 144 valence electrons. The van der Waals surface area contributed by atoms with Gasteiger partial charge in [-0.1, -0.05) is 50.9 Å². The monoisotopic (exact) mass is 458 g/mol. The Labute approximate surface area is 177 Å². The molecular formula is C22H20BrClN2O2. The van der Waals surface area contributed by atoms with Gasteiger partial charge in [0.1, 0.15) is 0 Å². The molecule has 1 heterocycles. The molecule has 0 saturated heterocycles. The Morgan fingerprint density at radius 3 is 2.50 bits per heavy atom. The van der Waals surface area contributed by atoms with Gasteiger partial charge in [0.25, 0.3) is 0 Å². The summed E-state index contributed by atoms with van der Waals surface area (Å²) in [5.41, 5.74) is 4.38. The van der Waals surface area contributed by atoms with Crippen molar-refractivity contribution in [1.82, 2.24) is 4.57 Å².